The zero-order valence-corrected chi connectivity index (χ0v) is 19.1. The van der Waals surface area contributed by atoms with Gasteiger partial charge in [0.1, 0.15) is 5.75 Å². The summed E-state index contributed by atoms with van der Waals surface area (Å²) in [5, 5.41) is 11.0. The van der Waals surface area contributed by atoms with Crippen molar-refractivity contribution in [1.29, 1.82) is 0 Å². The molecule has 0 fully saturated rings. The Morgan fingerprint density at radius 2 is 1.74 bits per heavy atom. The van der Waals surface area contributed by atoms with E-state index in [0.717, 1.165) is 23.4 Å². The normalized spacial score (nSPS) is 14.7. The number of aliphatic hydroxyl groups excluding tert-OH is 1. The summed E-state index contributed by atoms with van der Waals surface area (Å²) in [6.45, 7) is 6.12. The Kier molecular flexibility index (Phi) is 9.53. The highest BCUT2D eigenvalue weighted by molar-refractivity contribution is 7.97. The highest BCUT2D eigenvalue weighted by atomic mass is 32.2. The average molecular weight is 457 g/mol. The zero-order chi connectivity index (χ0) is 23.0. The Hall–Kier alpha value is -1.90. The number of likely N-dealkylation sites (N-methyl/N-ethyl adjacent to an activating group) is 1. The molecule has 0 aliphatic rings. The summed E-state index contributed by atoms with van der Waals surface area (Å²) < 4.78 is 44.0. The first kappa shape index (κ1) is 25.4. The Balaban J connectivity index is 2.00. The fourth-order valence-electron chi connectivity index (χ4n) is 3.37. The molecule has 0 saturated heterocycles. The van der Waals surface area contributed by atoms with E-state index in [0.29, 0.717) is 6.42 Å². The van der Waals surface area contributed by atoms with Gasteiger partial charge in [-0.3, -0.25) is 4.72 Å². The number of hydrogen-bond donors (Lipinski definition) is 2. The van der Waals surface area contributed by atoms with Gasteiger partial charge >= 0.3 is 6.36 Å². The van der Waals surface area contributed by atoms with E-state index in [9.17, 15) is 18.3 Å². The van der Waals surface area contributed by atoms with Crippen LogP contribution in [0.15, 0.2) is 53.4 Å². The molecule has 3 atom stereocenters. The number of benzene rings is 2. The van der Waals surface area contributed by atoms with Crippen molar-refractivity contribution >= 4 is 17.6 Å². The number of para-hydroxylation sites is 1. The minimum absolute atomic E-state index is 0.140. The third kappa shape index (κ3) is 7.63. The minimum atomic E-state index is -4.71. The standard InChI is InChI=1S/C23H31F3N2O2S/c1-5-9-17-10-7-8-11-21(17)28(4)16(3)22(29)20(6-2)27-31-19-14-12-18(13-15-19)30-23(24,25)26/h7-8,10-16,20,22,27,29H,5-6,9H2,1-4H3. The van der Waals surface area contributed by atoms with Crippen LogP contribution < -0.4 is 14.4 Å². The third-order valence-electron chi connectivity index (χ3n) is 5.23. The smallest absolute Gasteiger partial charge is 0.406 e. The summed E-state index contributed by atoms with van der Waals surface area (Å²) in [6.07, 6.45) is -2.64. The lowest BCUT2D eigenvalue weighted by Crippen LogP contribution is -2.49. The number of rotatable bonds is 11. The van der Waals surface area contributed by atoms with Gasteiger partial charge in [0.2, 0.25) is 0 Å². The fourth-order valence-corrected chi connectivity index (χ4v) is 4.23. The van der Waals surface area contributed by atoms with E-state index < -0.39 is 12.5 Å². The highest BCUT2D eigenvalue weighted by Crippen LogP contribution is 2.27. The molecular formula is C23H31F3N2O2S. The number of alkyl halides is 3. The van der Waals surface area contributed by atoms with Gasteiger partial charge in [0.25, 0.3) is 0 Å². The van der Waals surface area contributed by atoms with E-state index in [-0.39, 0.29) is 17.8 Å². The molecule has 3 unspecified atom stereocenters. The van der Waals surface area contributed by atoms with Gasteiger partial charge in [-0.2, -0.15) is 0 Å². The van der Waals surface area contributed by atoms with E-state index >= 15 is 0 Å². The van der Waals surface area contributed by atoms with Crippen molar-refractivity contribution in [3.63, 3.8) is 0 Å². The van der Waals surface area contributed by atoms with Gasteiger partial charge in [-0.05, 0) is 67.6 Å². The molecule has 4 nitrogen and oxygen atoms in total. The summed E-state index contributed by atoms with van der Waals surface area (Å²) in [5.74, 6) is -0.259. The maximum Gasteiger partial charge on any atom is 0.573 e. The van der Waals surface area contributed by atoms with Crippen molar-refractivity contribution in [2.45, 2.75) is 69.5 Å². The Morgan fingerprint density at radius 3 is 2.32 bits per heavy atom. The predicted molar refractivity (Wildman–Crippen MR) is 121 cm³/mol. The predicted octanol–water partition coefficient (Wildman–Crippen LogP) is 5.80. The van der Waals surface area contributed by atoms with Gasteiger partial charge in [0.05, 0.1) is 12.1 Å². The van der Waals surface area contributed by atoms with Crippen LogP contribution in [0.3, 0.4) is 0 Å². The van der Waals surface area contributed by atoms with Crippen LogP contribution in [0.1, 0.15) is 39.2 Å². The topological polar surface area (TPSA) is 44.7 Å². The van der Waals surface area contributed by atoms with Gasteiger partial charge < -0.3 is 14.7 Å². The van der Waals surface area contributed by atoms with Gasteiger partial charge in [-0.15, -0.1) is 13.2 Å². The second-order valence-corrected chi connectivity index (χ2v) is 8.39. The fraction of sp³-hybridized carbons (Fsp3) is 0.478. The summed E-state index contributed by atoms with van der Waals surface area (Å²) in [6, 6.07) is 13.5. The molecule has 0 saturated carbocycles. The molecule has 2 N–H and O–H groups in total. The number of halogens is 3. The van der Waals surface area contributed by atoms with Crippen molar-refractivity contribution in [1.82, 2.24) is 4.72 Å². The summed E-state index contributed by atoms with van der Waals surface area (Å²) in [7, 11) is 1.99. The molecule has 0 aliphatic carbocycles. The summed E-state index contributed by atoms with van der Waals surface area (Å²) >= 11 is 1.28. The average Bonchev–Trinajstić information content (AvgIpc) is 2.73. The second kappa shape index (κ2) is 11.6. The lowest BCUT2D eigenvalue weighted by atomic mass is 10.00. The van der Waals surface area contributed by atoms with Crippen LogP contribution in [-0.4, -0.2) is 36.7 Å². The van der Waals surface area contributed by atoms with Crippen LogP contribution in [0.25, 0.3) is 0 Å². The van der Waals surface area contributed by atoms with E-state index in [1.807, 2.05) is 33.0 Å². The highest BCUT2D eigenvalue weighted by Gasteiger charge is 2.31. The van der Waals surface area contributed by atoms with Crippen LogP contribution in [0.4, 0.5) is 18.9 Å². The molecule has 2 aromatic rings. The molecule has 8 heteroatoms. The van der Waals surface area contributed by atoms with E-state index in [2.05, 4.69) is 33.4 Å². The first-order valence-electron chi connectivity index (χ1n) is 10.4. The molecule has 2 rings (SSSR count). The molecule has 0 aromatic heterocycles. The van der Waals surface area contributed by atoms with Crippen LogP contribution in [0.5, 0.6) is 5.75 Å². The molecule has 2 aromatic carbocycles. The number of ether oxygens (including phenoxy) is 1. The van der Waals surface area contributed by atoms with Gasteiger partial charge in [0, 0.05) is 23.7 Å². The second-order valence-electron chi connectivity index (χ2n) is 7.47. The molecule has 172 valence electrons. The molecule has 0 aliphatic heterocycles. The first-order chi connectivity index (χ1) is 14.7. The molecule has 31 heavy (non-hydrogen) atoms. The molecule has 0 spiro atoms. The number of anilines is 1. The number of nitrogens with zero attached hydrogens (tertiary/aromatic N) is 1. The van der Waals surface area contributed by atoms with Crippen molar-refractivity contribution in [3.05, 3.63) is 54.1 Å². The van der Waals surface area contributed by atoms with Gasteiger partial charge in [-0.1, -0.05) is 38.5 Å². The quantitative estimate of drug-likeness (QED) is 0.419. The largest absolute Gasteiger partial charge is 0.573 e. The van der Waals surface area contributed by atoms with E-state index in [1.165, 1.54) is 29.6 Å². The number of aryl methyl sites for hydroxylation is 1. The van der Waals surface area contributed by atoms with Crippen molar-refractivity contribution in [3.8, 4) is 5.75 Å². The summed E-state index contributed by atoms with van der Waals surface area (Å²) in [4.78, 5) is 2.84. The minimum Gasteiger partial charge on any atom is -0.406 e. The number of aliphatic hydroxyl groups is 1. The van der Waals surface area contributed by atoms with Crippen LogP contribution >= 0.6 is 11.9 Å². The summed E-state index contributed by atoms with van der Waals surface area (Å²) in [5.41, 5.74) is 2.36. The van der Waals surface area contributed by atoms with Crippen LogP contribution in [0.2, 0.25) is 0 Å². The van der Waals surface area contributed by atoms with E-state index in [1.54, 1.807) is 12.1 Å². The monoisotopic (exact) mass is 456 g/mol. The lowest BCUT2D eigenvalue weighted by Gasteiger charge is -2.35. The van der Waals surface area contributed by atoms with Gasteiger partial charge in [0.15, 0.2) is 0 Å². The van der Waals surface area contributed by atoms with Crippen LogP contribution in [0, 0.1) is 0 Å². The third-order valence-corrected chi connectivity index (χ3v) is 6.16. The van der Waals surface area contributed by atoms with Crippen molar-refractivity contribution in [2.75, 3.05) is 11.9 Å². The Bertz CT molecular complexity index is 802. The molecule has 0 heterocycles. The Morgan fingerprint density at radius 1 is 1.10 bits per heavy atom. The molecule has 0 radical (unpaired) electrons. The van der Waals surface area contributed by atoms with Gasteiger partial charge in [-0.25, -0.2) is 0 Å². The number of hydrogen-bond acceptors (Lipinski definition) is 5. The van der Waals surface area contributed by atoms with Crippen molar-refractivity contribution < 1.29 is 23.0 Å². The van der Waals surface area contributed by atoms with Crippen LogP contribution in [-0.2, 0) is 6.42 Å². The maximum atomic E-state index is 12.3. The lowest BCUT2D eigenvalue weighted by molar-refractivity contribution is -0.274. The number of nitrogens with one attached hydrogen (secondary N) is 1. The molecule has 0 amide bonds. The van der Waals surface area contributed by atoms with Crippen molar-refractivity contribution in [2.24, 2.45) is 0 Å². The SMILES string of the molecule is CCCc1ccccc1N(C)C(C)C(O)C(CC)NSc1ccc(OC(F)(F)F)cc1. The molecular weight excluding hydrogens is 425 g/mol. The zero-order valence-electron chi connectivity index (χ0n) is 18.3. The van der Waals surface area contributed by atoms with E-state index in [4.69, 9.17) is 0 Å². The first-order valence-corrected chi connectivity index (χ1v) is 11.2. The molecule has 0 bridgehead atoms. The Labute approximate surface area is 186 Å². The maximum absolute atomic E-state index is 12.3.